The van der Waals surface area contributed by atoms with E-state index in [1.807, 2.05) is 12.3 Å². The average Bonchev–Trinajstić information content (AvgIpc) is 2.87. The van der Waals surface area contributed by atoms with Crippen molar-refractivity contribution in [2.24, 2.45) is 0 Å². The lowest BCUT2D eigenvalue weighted by Gasteiger charge is -2.33. The number of fused-ring (bicyclic) bond motifs is 5. The predicted molar refractivity (Wildman–Crippen MR) is 98.0 cm³/mol. The Kier molecular flexibility index (Phi) is 2.40. The first-order valence-corrected chi connectivity index (χ1v) is 8.26. The second-order valence-corrected chi connectivity index (χ2v) is 7.25. The predicted octanol–water partition coefficient (Wildman–Crippen LogP) is 5.11. The summed E-state index contributed by atoms with van der Waals surface area (Å²) in [6, 6.07) is 17.2. The van der Waals surface area contributed by atoms with Gasteiger partial charge in [0.15, 0.2) is 0 Å². The van der Waals surface area contributed by atoms with Gasteiger partial charge in [-0.25, -0.2) is 4.98 Å². The van der Waals surface area contributed by atoms with E-state index in [1.54, 1.807) is 0 Å². The first kappa shape index (κ1) is 13.2. The lowest BCUT2D eigenvalue weighted by Crippen LogP contribution is -2.26. The molecule has 2 aromatic carbocycles. The Balaban J connectivity index is 2.14. The molecule has 0 saturated carbocycles. The van der Waals surface area contributed by atoms with Crippen LogP contribution in [0, 0.1) is 0 Å². The zero-order valence-corrected chi connectivity index (χ0v) is 13.9. The van der Waals surface area contributed by atoms with Crippen LogP contribution in [0.3, 0.4) is 0 Å². The minimum Gasteiger partial charge on any atom is -0.293 e. The van der Waals surface area contributed by atoms with Gasteiger partial charge in [0.1, 0.15) is 5.82 Å². The minimum absolute atomic E-state index is 0.0583. The van der Waals surface area contributed by atoms with Crippen LogP contribution in [0.15, 0.2) is 59.6 Å². The molecular formula is C20H16N2S. The first-order chi connectivity index (χ1) is 11.1. The quantitative estimate of drug-likeness (QED) is 0.446. The number of para-hydroxylation sites is 1. The van der Waals surface area contributed by atoms with Gasteiger partial charge in [-0.3, -0.25) is 4.57 Å². The van der Waals surface area contributed by atoms with Crippen molar-refractivity contribution in [3.05, 3.63) is 65.9 Å². The summed E-state index contributed by atoms with van der Waals surface area (Å²) in [5.41, 5.74) is 5.01. The fourth-order valence-corrected chi connectivity index (χ4v) is 4.18. The first-order valence-electron chi connectivity index (χ1n) is 7.81. The lowest BCUT2D eigenvalue weighted by molar-refractivity contribution is 0.624. The number of nitrogens with zero attached hydrogens (tertiary/aromatic N) is 2. The van der Waals surface area contributed by atoms with Gasteiger partial charge in [-0.1, -0.05) is 44.2 Å². The van der Waals surface area contributed by atoms with E-state index in [-0.39, 0.29) is 5.41 Å². The highest BCUT2D eigenvalue weighted by atomic mass is 32.1. The van der Waals surface area contributed by atoms with Gasteiger partial charge in [-0.05, 0) is 23.8 Å². The molecule has 23 heavy (non-hydrogen) atoms. The highest BCUT2D eigenvalue weighted by Gasteiger charge is 2.35. The molecule has 2 aromatic heterocycles. The van der Waals surface area contributed by atoms with Gasteiger partial charge < -0.3 is 0 Å². The molecule has 3 heteroatoms. The van der Waals surface area contributed by atoms with E-state index in [9.17, 15) is 0 Å². The van der Waals surface area contributed by atoms with E-state index in [2.05, 4.69) is 73.5 Å². The molecule has 0 bridgehead atoms. The summed E-state index contributed by atoms with van der Waals surface area (Å²) in [6.45, 7) is 4.57. The third-order valence-corrected chi connectivity index (χ3v) is 5.40. The molecule has 0 radical (unpaired) electrons. The summed E-state index contributed by atoms with van der Waals surface area (Å²) < 4.78 is 2.31. The molecule has 0 fully saturated rings. The number of rotatable bonds is 0. The normalized spacial score (nSPS) is 15.1. The van der Waals surface area contributed by atoms with Crippen molar-refractivity contribution in [1.29, 1.82) is 0 Å². The van der Waals surface area contributed by atoms with Crippen LogP contribution < -0.4 is 0 Å². The number of benzene rings is 2. The minimum atomic E-state index is -0.0583. The van der Waals surface area contributed by atoms with E-state index in [0.717, 1.165) is 10.7 Å². The molecule has 1 aliphatic rings. The molecule has 1 aliphatic heterocycles. The van der Waals surface area contributed by atoms with Crippen molar-refractivity contribution in [1.82, 2.24) is 9.55 Å². The third-order valence-electron chi connectivity index (χ3n) is 5.12. The molecule has 2 nitrogen and oxygen atoms in total. The summed E-state index contributed by atoms with van der Waals surface area (Å²) in [5.74, 6) is 1.04. The largest absolute Gasteiger partial charge is 0.293 e. The molecule has 0 amide bonds. The van der Waals surface area contributed by atoms with E-state index in [4.69, 9.17) is 4.98 Å². The Hall–Kier alpha value is -2.26. The van der Waals surface area contributed by atoms with E-state index in [1.165, 1.54) is 32.9 Å². The highest BCUT2D eigenvalue weighted by molar-refractivity contribution is 7.80. The van der Waals surface area contributed by atoms with Crippen LogP contribution in [0.25, 0.3) is 27.6 Å². The molecule has 0 unspecified atom stereocenters. The van der Waals surface area contributed by atoms with Crippen molar-refractivity contribution >= 4 is 34.4 Å². The number of pyridine rings is 1. The Morgan fingerprint density at radius 2 is 1.78 bits per heavy atom. The summed E-state index contributed by atoms with van der Waals surface area (Å²) in [5, 5.41) is 2.55. The van der Waals surface area contributed by atoms with Crippen LogP contribution >= 0.6 is 12.6 Å². The van der Waals surface area contributed by atoms with Gasteiger partial charge >= 0.3 is 0 Å². The molecular weight excluding hydrogens is 300 g/mol. The molecule has 3 heterocycles. The van der Waals surface area contributed by atoms with Crippen molar-refractivity contribution in [3.63, 3.8) is 0 Å². The van der Waals surface area contributed by atoms with Crippen LogP contribution in [-0.4, -0.2) is 9.55 Å². The maximum atomic E-state index is 4.73. The van der Waals surface area contributed by atoms with Crippen molar-refractivity contribution in [2.75, 3.05) is 0 Å². The van der Waals surface area contributed by atoms with Gasteiger partial charge in [-0.15, -0.1) is 12.6 Å². The summed E-state index contributed by atoms with van der Waals surface area (Å²) in [7, 11) is 0. The molecule has 0 spiro atoms. The van der Waals surface area contributed by atoms with Gasteiger partial charge in [0.25, 0.3) is 0 Å². The Morgan fingerprint density at radius 1 is 0.957 bits per heavy atom. The van der Waals surface area contributed by atoms with Crippen LogP contribution in [-0.2, 0) is 5.41 Å². The maximum Gasteiger partial charge on any atom is 0.141 e. The van der Waals surface area contributed by atoms with Crippen molar-refractivity contribution in [2.45, 2.75) is 24.2 Å². The fraction of sp³-hybridized carbons (Fsp3) is 0.150. The van der Waals surface area contributed by atoms with Crippen LogP contribution in [0.4, 0.5) is 0 Å². The molecule has 0 N–H and O–H groups in total. The fourth-order valence-electron chi connectivity index (χ4n) is 3.99. The van der Waals surface area contributed by atoms with Crippen molar-refractivity contribution in [3.8, 4) is 5.82 Å². The van der Waals surface area contributed by atoms with Crippen LogP contribution in [0.5, 0.6) is 0 Å². The summed E-state index contributed by atoms with van der Waals surface area (Å²) >= 11 is 4.54. The highest BCUT2D eigenvalue weighted by Crippen LogP contribution is 2.46. The monoisotopic (exact) mass is 316 g/mol. The van der Waals surface area contributed by atoms with Crippen molar-refractivity contribution < 1.29 is 0 Å². The van der Waals surface area contributed by atoms with Gasteiger partial charge in [0.05, 0.1) is 11.0 Å². The molecule has 0 saturated heterocycles. The molecule has 0 aliphatic carbocycles. The lowest BCUT2D eigenvalue weighted by atomic mass is 9.76. The van der Waals surface area contributed by atoms with Crippen LogP contribution in [0.2, 0.25) is 0 Å². The smallest absolute Gasteiger partial charge is 0.141 e. The summed E-state index contributed by atoms with van der Waals surface area (Å²) in [4.78, 5) is 5.70. The second kappa shape index (κ2) is 4.18. The zero-order chi connectivity index (χ0) is 15.8. The third kappa shape index (κ3) is 1.53. The number of hydrogen-bond donors (Lipinski definition) is 1. The molecule has 112 valence electrons. The maximum absolute atomic E-state index is 4.73. The molecule has 4 aromatic rings. The Bertz CT molecular complexity index is 1110. The van der Waals surface area contributed by atoms with E-state index < -0.39 is 0 Å². The van der Waals surface area contributed by atoms with E-state index >= 15 is 0 Å². The number of aromatic nitrogens is 2. The van der Waals surface area contributed by atoms with Gasteiger partial charge in [-0.2, -0.15) is 0 Å². The number of thiol groups is 1. The van der Waals surface area contributed by atoms with Gasteiger partial charge in [0, 0.05) is 32.8 Å². The summed E-state index contributed by atoms with van der Waals surface area (Å²) in [6.07, 6.45) is 1.88. The Labute approximate surface area is 140 Å². The molecule has 0 atom stereocenters. The SMILES string of the molecule is CC1(C)c2cccnc2-n2c3cc(S)ccc3c3cccc1c32. The van der Waals surface area contributed by atoms with Gasteiger partial charge in [0.2, 0.25) is 0 Å². The van der Waals surface area contributed by atoms with Crippen LogP contribution in [0.1, 0.15) is 25.0 Å². The average molecular weight is 316 g/mol. The zero-order valence-electron chi connectivity index (χ0n) is 13.0. The Morgan fingerprint density at radius 3 is 2.65 bits per heavy atom. The van der Waals surface area contributed by atoms with E-state index in [0.29, 0.717) is 0 Å². The second-order valence-electron chi connectivity index (χ2n) is 6.74. The molecule has 5 rings (SSSR count). The number of hydrogen-bond acceptors (Lipinski definition) is 2. The standard InChI is InChI=1S/C20H16N2S/c1-20(2)15-6-3-5-14-13-9-8-12(23)11-17(13)22(18(14)15)19-16(20)7-4-10-21-19/h3-11,23H,1-2H3. The topological polar surface area (TPSA) is 17.8 Å².